The summed E-state index contributed by atoms with van der Waals surface area (Å²) in [6, 6.07) is 11.7. The van der Waals surface area contributed by atoms with Crippen LogP contribution in [-0.2, 0) is 0 Å². The van der Waals surface area contributed by atoms with Gasteiger partial charge in [0.15, 0.2) is 0 Å². The predicted octanol–water partition coefficient (Wildman–Crippen LogP) is 2.43. The van der Waals surface area contributed by atoms with Crippen molar-refractivity contribution in [3.8, 4) is 0 Å². The number of hydrogen-bond donors (Lipinski definition) is 2. The number of pyridine rings is 1. The number of rotatable bonds is 6. The van der Waals surface area contributed by atoms with Crippen LogP contribution in [0.5, 0.6) is 0 Å². The quantitative estimate of drug-likeness (QED) is 0.860. The van der Waals surface area contributed by atoms with Crippen LogP contribution in [0.25, 0.3) is 0 Å². The summed E-state index contributed by atoms with van der Waals surface area (Å²) in [5.41, 5.74) is 3.49. The first-order valence-electron chi connectivity index (χ1n) is 7.27. The van der Waals surface area contributed by atoms with E-state index in [-0.39, 0.29) is 5.91 Å². The summed E-state index contributed by atoms with van der Waals surface area (Å²) in [5, 5.41) is 6.10. The number of nitrogens with one attached hydrogen (secondary N) is 2. The molecule has 22 heavy (non-hydrogen) atoms. The molecule has 5 heteroatoms. The fourth-order valence-electron chi connectivity index (χ4n) is 1.89. The lowest BCUT2D eigenvalue weighted by Crippen LogP contribution is -2.31. The topological polar surface area (TPSA) is 57.3 Å². The molecule has 5 nitrogen and oxygen atoms in total. The molecular weight excluding hydrogens is 276 g/mol. The van der Waals surface area contributed by atoms with Crippen molar-refractivity contribution in [1.29, 1.82) is 0 Å². The number of aryl methyl sites for hydroxylation is 1. The number of aromatic nitrogens is 1. The molecule has 2 N–H and O–H groups in total. The number of anilines is 2. The third-order valence-corrected chi connectivity index (χ3v) is 3.18. The average Bonchev–Trinajstić information content (AvgIpc) is 2.50. The molecule has 0 spiro atoms. The minimum atomic E-state index is -0.149. The van der Waals surface area contributed by atoms with Crippen molar-refractivity contribution in [3.05, 3.63) is 53.9 Å². The zero-order chi connectivity index (χ0) is 15.9. The molecule has 0 unspecified atom stereocenters. The molecular formula is C17H22N4O. The van der Waals surface area contributed by atoms with Gasteiger partial charge in [0.25, 0.3) is 5.91 Å². The van der Waals surface area contributed by atoms with Gasteiger partial charge in [-0.3, -0.25) is 4.79 Å². The largest absolute Gasteiger partial charge is 0.354 e. The monoisotopic (exact) mass is 298 g/mol. The van der Waals surface area contributed by atoms with E-state index in [2.05, 4.69) is 22.5 Å². The van der Waals surface area contributed by atoms with Crippen molar-refractivity contribution in [1.82, 2.24) is 15.2 Å². The van der Waals surface area contributed by atoms with Gasteiger partial charge >= 0.3 is 0 Å². The second-order valence-electron chi connectivity index (χ2n) is 5.48. The molecule has 1 heterocycles. The maximum absolute atomic E-state index is 11.9. The fourth-order valence-corrected chi connectivity index (χ4v) is 1.89. The summed E-state index contributed by atoms with van der Waals surface area (Å²) in [6.45, 7) is 3.46. The van der Waals surface area contributed by atoms with Crippen LogP contribution < -0.4 is 10.6 Å². The smallest absolute Gasteiger partial charge is 0.269 e. The van der Waals surface area contributed by atoms with Crippen LogP contribution in [0.3, 0.4) is 0 Å². The summed E-state index contributed by atoms with van der Waals surface area (Å²) in [7, 11) is 3.94. The van der Waals surface area contributed by atoms with Gasteiger partial charge in [0.2, 0.25) is 0 Å². The molecule has 2 aromatic rings. The molecule has 0 saturated heterocycles. The number of amides is 1. The van der Waals surface area contributed by atoms with Gasteiger partial charge in [-0.05, 0) is 45.3 Å². The maximum atomic E-state index is 11.9. The molecule has 1 amide bonds. The van der Waals surface area contributed by atoms with Crippen LogP contribution in [0, 0.1) is 6.92 Å². The Kier molecular flexibility index (Phi) is 5.49. The highest BCUT2D eigenvalue weighted by atomic mass is 16.1. The molecule has 0 atom stereocenters. The van der Waals surface area contributed by atoms with E-state index >= 15 is 0 Å². The third-order valence-electron chi connectivity index (χ3n) is 3.18. The zero-order valence-electron chi connectivity index (χ0n) is 13.3. The molecule has 0 aliphatic rings. The lowest BCUT2D eigenvalue weighted by molar-refractivity contribution is 0.0946. The van der Waals surface area contributed by atoms with E-state index in [4.69, 9.17) is 0 Å². The molecule has 0 aliphatic heterocycles. The fraction of sp³-hybridized carbons (Fsp3) is 0.294. The Labute approximate surface area is 131 Å². The lowest BCUT2D eigenvalue weighted by Gasteiger charge is -2.10. The van der Waals surface area contributed by atoms with Crippen molar-refractivity contribution in [2.75, 3.05) is 32.5 Å². The van der Waals surface area contributed by atoms with Gasteiger partial charge in [0, 0.05) is 18.8 Å². The molecule has 1 aromatic heterocycles. The van der Waals surface area contributed by atoms with Crippen molar-refractivity contribution >= 4 is 17.3 Å². The first-order valence-corrected chi connectivity index (χ1v) is 7.27. The van der Waals surface area contributed by atoms with Gasteiger partial charge in [0.05, 0.1) is 11.9 Å². The summed E-state index contributed by atoms with van der Waals surface area (Å²) < 4.78 is 0. The van der Waals surface area contributed by atoms with Crippen molar-refractivity contribution in [2.45, 2.75) is 6.92 Å². The minimum absolute atomic E-state index is 0.149. The van der Waals surface area contributed by atoms with Crippen LogP contribution in [-0.4, -0.2) is 43.0 Å². The van der Waals surface area contributed by atoms with Gasteiger partial charge in [-0.2, -0.15) is 0 Å². The number of hydrogen-bond acceptors (Lipinski definition) is 4. The number of carbonyl (C=O) groups is 1. The van der Waals surface area contributed by atoms with E-state index in [1.807, 2.05) is 49.3 Å². The van der Waals surface area contributed by atoms with Crippen LogP contribution in [0.2, 0.25) is 0 Å². The summed E-state index contributed by atoms with van der Waals surface area (Å²) in [5.74, 6) is -0.149. The second-order valence-corrected chi connectivity index (χ2v) is 5.48. The highest BCUT2D eigenvalue weighted by Crippen LogP contribution is 2.16. The van der Waals surface area contributed by atoms with Gasteiger partial charge in [-0.25, -0.2) is 4.98 Å². The van der Waals surface area contributed by atoms with E-state index in [0.29, 0.717) is 12.2 Å². The molecule has 0 fully saturated rings. The number of likely N-dealkylation sites (N-methyl/N-ethyl adjacent to an activating group) is 1. The van der Waals surface area contributed by atoms with Gasteiger partial charge in [-0.1, -0.05) is 17.7 Å². The summed E-state index contributed by atoms with van der Waals surface area (Å²) in [4.78, 5) is 18.1. The predicted molar refractivity (Wildman–Crippen MR) is 89.6 cm³/mol. The number of benzene rings is 1. The normalized spacial score (nSPS) is 10.5. The van der Waals surface area contributed by atoms with Crippen LogP contribution in [0.4, 0.5) is 11.4 Å². The molecule has 2 rings (SSSR count). The first-order chi connectivity index (χ1) is 10.5. The second kappa shape index (κ2) is 7.56. The molecule has 0 saturated carbocycles. The number of nitrogens with zero attached hydrogens (tertiary/aromatic N) is 2. The highest BCUT2D eigenvalue weighted by molar-refractivity contribution is 5.92. The van der Waals surface area contributed by atoms with E-state index in [0.717, 1.165) is 17.9 Å². The Morgan fingerprint density at radius 3 is 2.36 bits per heavy atom. The molecule has 0 radical (unpaired) electrons. The highest BCUT2D eigenvalue weighted by Gasteiger charge is 2.06. The maximum Gasteiger partial charge on any atom is 0.269 e. The molecule has 116 valence electrons. The standard InChI is InChI=1S/C17H22N4O/c1-13-4-6-14(7-5-13)20-15-8-9-16(19-12-15)17(22)18-10-11-21(2)3/h4-9,12,20H,10-11H2,1-3H3,(H,18,22). The lowest BCUT2D eigenvalue weighted by atomic mass is 10.2. The zero-order valence-corrected chi connectivity index (χ0v) is 13.3. The number of carbonyl (C=O) groups excluding carboxylic acids is 1. The summed E-state index contributed by atoms with van der Waals surface area (Å²) >= 11 is 0. The van der Waals surface area contributed by atoms with Gasteiger partial charge in [-0.15, -0.1) is 0 Å². The van der Waals surface area contributed by atoms with Crippen LogP contribution in [0.1, 0.15) is 16.1 Å². The third kappa shape index (κ3) is 4.86. The van der Waals surface area contributed by atoms with Crippen molar-refractivity contribution in [3.63, 3.8) is 0 Å². The Morgan fingerprint density at radius 1 is 1.09 bits per heavy atom. The molecule has 0 bridgehead atoms. The Bertz CT molecular complexity index is 606. The van der Waals surface area contributed by atoms with Crippen LogP contribution >= 0.6 is 0 Å². The van der Waals surface area contributed by atoms with E-state index in [1.165, 1.54) is 5.56 Å². The van der Waals surface area contributed by atoms with Gasteiger partial charge < -0.3 is 15.5 Å². The van der Waals surface area contributed by atoms with E-state index < -0.39 is 0 Å². The van der Waals surface area contributed by atoms with Gasteiger partial charge in [0.1, 0.15) is 5.69 Å². The molecule has 1 aromatic carbocycles. The van der Waals surface area contributed by atoms with Crippen LogP contribution in [0.15, 0.2) is 42.6 Å². The van der Waals surface area contributed by atoms with Crippen molar-refractivity contribution in [2.24, 2.45) is 0 Å². The van der Waals surface area contributed by atoms with E-state index in [1.54, 1.807) is 12.3 Å². The Morgan fingerprint density at radius 2 is 1.77 bits per heavy atom. The average molecular weight is 298 g/mol. The Hall–Kier alpha value is -2.40. The minimum Gasteiger partial charge on any atom is -0.354 e. The van der Waals surface area contributed by atoms with Crippen molar-refractivity contribution < 1.29 is 4.79 Å². The van der Waals surface area contributed by atoms with E-state index in [9.17, 15) is 4.79 Å². The Balaban J connectivity index is 1.92. The SMILES string of the molecule is Cc1ccc(Nc2ccc(C(=O)NCCN(C)C)nc2)cc1. The molecule has 0 aliphatic carbocycles. The summed E-state index contributed by atoms with van der Waals surface area (Å²) in [6.07, 6.45) is 1.67. The first kappa shape index (κ1) is 16.0.